The fourth-order valence-corrected chi connectivity index (χ4v) is 4.26. The second kappa shape index (κ2) is 8.72. The van der Waals surface area contributed by atoms with E-state index in [0.29, 0.717) is 38.0 Å². The van der Waals surface area contributed by atoms with Crippen LogP contribution in [0.3, 0.4) is 0 Å². The number of nitrogens with zero attached hydrogens (tertiary/aromatic N) is 2. The number of amides is 1. The molecule has 5 heteroatoms. The number of hydrogen-bond acceptors (Lipinski definition) is 4. The van der Waals surface area contributed by atoms with Gasteiger partial charge in [-0.2, -0.15) is 0 Å². The zero-order valence-corrected chi connectivity index (χ0v) is 17.0. The SMILES string of the molecule is CC(C)c1ccc(CN2CCC[C@@](O)(CN(C)C3CCOCC3)C2=O)cc1. The second-order valence-electron chi connectivity index (χ2n) is 8.52. The Balaban J connectivity index is 1.63. The Labute approximate surface area is 163 Å². The Morgan fingerprint density at radius 2 is 1.93 bits per heavy atom. The molecule has 0 saturated carbocycles. The molecule has 2 fully saturated rings. The van der Waals surface area contributed by atoms with Crippen molar-refractivity contribution in [1.29, 1.82) is 0 Å². The van der Waals surface area contributed by atoms with Gasteiger partial charge in [-0.15, -0.1) is 0 Å². The van der Waals surface area contributed by atoms with Gasteiger partial charge in [0.2, 0.25) is 0 Å². The minimum atomic E-state index is -1.27. The van der Waals surface area contributed by atoms with Crippen molar-refractivity contribution < 1.29 is 14.6 Å². The van der Waals surface area contributed by atoms with Crippen LogP contribution in [0.1, 0.15) is 56.6 Å². The molecule has 3 rings (SSSR count). The fraction of sp³-hybridized carbons (Fsp3) is 0.682. The molecular formula is C22H34N2O3. The summed E-state index contributed by atoms with van der Waals surface area (Å²) in [5.74, 6) is 0.377. The summed E-state index contributed by atoms with van der Waals surface area (Å²) in [4.78, 5) is 17.0. The first kappa shape index (κ1) is 20.3. The zero-order valence-electron chi connectivity index (χ0n) is 17.0. The van der Waals surface area contributed by atoms with Crippen molar-refractivity contribution in [2.45, 2.75) is 63.6 Å². The van der Waals surface area contributed by atoms with E-state index >= 15 is 0 Å². The average Bonchev–Trinajstić information content (AvgIpc) is 2.67. The van der Waals surface area contributed by atoms with Crippen LogP contribution in [0.25, 0.3) is 0 Å². The highest BCUT2D eigenvalue weighted by atomic mass is 16.5. The topological polar surface area (TPSA) is 53.0 Å². The molecular weight excluding hydrogens is 340 g/mol. The summed E-state index contributed by atoms with van der Waals surface area (Å²) in [5.41, 5.74) is 1.15. The van der Waals surface area contributed by atoms with Crippen molar-refractivity contribution in [1.82, 2.24) is 9.80 Å². The molecule has 1 amide bonds. The van der Waals surface area contributed by atoms with Crippen molar-refractivity contribution >= 4 is 5.91 Å². The van der Waals surface area contributed by atoms with Crippen LogP contribution in [-0.2, 0) is 16.1 Å². The van der Waals surface area contributed by atoms with Gasteiger partial charge in [-0.1, -0.05) is 38.1 Å². The number of likely N-dealkylation sites (N-methyl/N-ethyl adjacent to an activating group) is 1. The van der Waals surface area contributed by atoms with Gasteiger partial charge in [0.25, 0.3) is 5.91 Å². The Bertz CT molecular complexity index is 625. The number of rotatable bonds is 6. The number of ether oxygens (including phenoxy) is 1. The van der Waals surface area contributed by atoms with E-state index in [4.69, 9.17) is 4.74 Å². The predicted octanol–water partition coefficient (Wildman–Crippen LogP) is 2.77. The van der Waals surface area contributed by atoms with E-state index in [1.165, 1.54) is 5.56 Å². The maximum Gasteiger partial charge on any atom is 0.256 e. The standard InChI is InChI=1S/C22H34N2O3/c1-17(2)19-7-5-18(6-8-19)15-24-12-4-11-22(26,21(24)25)16-23(3)20-9-13-27-14-10-20/h5-8,17,20,26H,4,9-16H2,1-3H3/t22-/m1/s1. The lowest BCUT2D eigenvalue weighted by Gasteiger charge is -2.42. The molecule has 5 nitrogen and oxygen atoms in total. The molecule has 1 N–H and O–H groups in total. The van der Waals surface area contributed by atoms with Gasteiger partial charge >= 0.3 is 0 Å². The van der Waals surface area contributed by atoms with Crippen molar-refractivity contribution in [3.63, 3.8) is 0 Å². The molecule has 150 valence electrons. The van der Waals surface area contributed by atoms with Gasteiger partial charge in [0, 0.05) is 38.9 Å². The highest BCUT2D eigenvalue weighted by molar-refractivity contribution is 5.86. The first-order valence-corrected chi connectivity index (χ1v) is 10.3. The smallest absolute Gasteiger partial charge is 0.256 e. The maximum atomic E-state index is 13.1. The predicted molar refractivity (Wildman–Crippen MR) is 107 cm³/mol. The number of carbonyl (C=O) groups excluding carboxylic acids is 1. The molecule has 27 heavy (non-hydrogen) atoms. The van der Waals surface area contributed by atoms with Crippen LogP contribution in [0.5, 0.6) is 0 Å². The average molecular weight is 375 g/mol. The second-order valence-corrected chi connectivity index (χ2v) is 8.52. The summed E-state index contributed by atoms with van der Waals surface area (Å²) in [6.45, 7) is 7.57. The van der Waals surface area contributed by atoms with E-state index in [9.17, 15) is 9.90 Å². The highest BCUT2D eigenvalue weighted by Crippen LogP contribution is 2.27. The molecule has 2 aliphatic heterocycles. The fourth-order valence-electron chi connectivity index (χ4n) is 4.26. The van der Waals surface area contributed by atoms with E-state index in [1.807, 2.05) is 11.9 Å². The Hall–Kier alpha value is -1.43. The number of piperidine rings is 1. The maximum absolute atomic E-state index is 13.1. The summed E-state index contributed by atoms with van der Waals surface area (Å²) < 4.78 is 5.43. The van der Waals surface area contributed by atoms with Gasteiger partial charge in [-0.05, 0) is 49.8 Å². The van der Waals surface area contributed by atoms with Crippen LogP contribution in [0, 0.1) is 0 Å². The lowest BCUT2D eigenvalue weighted by Crippen LogP contribution is -2.59. The third kappa shape index (κ3) is 4.89. The van der Waals surface area contributed by atoms with Gasteiger partial charge in [0.1, 0.15) is 0 Å². The normalized spacial score (nSPS) is 24.8. The third-order valence-electron chi connectivity index (χ3n) is 6.05. The van der Waals surface area contributed by atoms with Crippen molar-refractivity contribution in [3.05, 3.63) is 35.4 Å². The molecule has 2 saturated heterocycles. The van der Waals surface area contributed by atoms with Gasteiger partial charge in [0.15, 0.2) is 5.60 Å². The summed E-state index contributed by atoms with van der Waals surface area (Å²) in [7, 11) is 2.02. The van der Waals surface area contributed by atoms with Crippen LogP contribution in [0.4, 0.5) is 0 Å². The van der Waals surface area contributed by atoms with Crippen molar-refractivity contribution in [3.8, 4) is 0 Å². The summed E-state index contributed by atoms with van der Waals surface area (Å²) in [5, 5.41) is 11.1. The molecule has 2 aliphatic rings. The van der Waals surface area contributed by atoms with Crippen LogP contribution >= 0.6 is 0 Å². The molecule has 2 heterocycles. The Kier molecular flexibility index (Phi) is 6.56. The largest absolute Gasteiger partial charge is 0.381 e. The van der Waals surface area contributed by atoms with Gasteiger partial charge in [-0.3, -0.25) is 9.69 Å². The molecule has 0 aliphatic carbocycles. The quantitative estimate of drug-likeness (QED) is 0.832. The van der Waals surface area contributed by atoms with E-state index < -0.39 is 5.60 Å². The molecule has 0 radical (unpaired) electrons. The number of aliphatic hydroxyl groups is 1. The van der Waals surface area contributed by atoms with E-state index in [2.05, 4.69) is 43.0 Å². The highest BCUT2D eigenvalue weighted by Gasteiger charge is 2.43. The Morgan fingerprint density at radius 3 is 2.56 bits per heavy atom. The monoisotopic (exact) mass is 374 g/mol. The lowest BCUT2D eigenvalue weighted by molar-refractivity contribution is -0.161. The van der Waals surface area contributed by atoms with E-state index in [-0.39, 0.29) is 5.91 Å². The number of hydrogen-bond donors (Lipinski definition) is 1. The van der Waals surface area contributed by atoms with Crippen LogP contribution in [0.15, 0.2) is 24.3 Å². The van der Waals surface area contributed by atoms with Gasteiger partial charge in [-0.25, -0.2) is 0 Å². The molecule has 1 atom stereocenters. The molecule has 0 spiro atoms. The van der Waals surface area contributed by atoms with Gasteiger partial charge in [0.05, 0.1) is 0 Å². The number of benzene rings is 1. The minimum absolute atomic E-state index is 0.124. The van der Waals surface area contributed by atoms with Crippen molar-refractivity contribution in [2.24, 2.45) is 0 Å². The van der Waals surface area contributed by atoms with Crippen molar-refractivity contribution in [2.75, 3.05) is 33.4 Å². The summed E-state index contributed by atoms with van der Waals surface area (Å²) >= 11 is 0. The number of likely N-dealkylation sites (tertiary alicyclic amines) is 1. The molecule has 0 bridgehead atoms. The van der Waals surface area contributed by atoms with Crippen LogP contribution in [0.2, 0.25) is 0 Å². The van der Waals surface area contributed by atoms with E-state index in [1.54, 1.807) is 0 Å². The third-order valence-corrected chi connectivity index (χ3v) is 6.05. The van der Waals surface area contributed by atoms with Crippen LogP contribution in [-0.4, -0.2) is 65.8 Å². The molecule has 1 aromatic rings. The lowest BCUT2D eigenvalue weighted by atomic mass is 9.90. The molecule has 1 aromatic carbocycles. The minimum Gasteiger partial charge on any atom is -0.381 e. The van der Waals surface area contributed by atoms with Crippen LogP contribution < -0.4 is 0 Å². The zero-order chi connectivity index (χ0) is 19.4. The first-order chi connectivity index (χ1) is 12.9. The van der Waals surface area contributed by atoms with Gasteiger partial charge < -0.3 is 14.7 Å². The Morgan fingerprint density at radius 1 is 1.26 bits per heavy atom. The summed E-state index contributed by atoms with van der Waals surface area (Å²) in [6, 6.07) is 8.86. The molecule has 0 unspecified atom stereocenters. The van der Waals surface area contributed by atoms with E-state index in [0.717, 1.165) is 38.0 Å². The number of carbonyl (C=O) groups is 1. The summed E-state index contributed by atoms with van der Waals surface area (Å²) in [6.07, 6.45) is 3.31. The first-order valence-electron chi connectivity index (χ1n) is 10.3. The molecule has 0 aromatic heterocycles.